The van der Waals surface area contributed by atoms with Crippen molar-refractivity contribution in [1.82, 2.24) is 9.97 Å². The molecule has 0 saturated carbocycles. The van der Waals surface area contributed by atoms with Crippen LogP contribution in [-0.4, -0.2) is 14.9 Å². The fraction of sp³-hybridized carbons (Fsp3) is 0.0909. The Bertz CT molecular complexity index is 669. The molecule has 6 nitrogen and oxygen atoms in total. The summed E-state index contributed by atoms with van der Waals surface area (Å²) in [6.07, 6.45) is 1.06. The summed E-state index contributed by atoms with van der Waals surface area (Å²) in [5.74, 6) is -2.07. The molecule has 1 aromatic carbocycles. The summed E-state index contributed by atoms with van der Waals surface area (Å²) >= 11 is 5.61. The van der Waals surface area contributed by atoms with Crippen LogP contribution in [0.2, 0.25) is 5.15 Å². The van der Waals surface area contributed by atoms with E-state index >= 15 is 0 Å². The number of hydrogen-bond acceptors (Lipinski definition) is 5. The fourth-order valence-electron chi connectivity index (χ4n) is 1.48. The molecule has 1 N–H and O–H groups in total. The third-order valence-electron chi connectivity index (χ3n) is 2.40. The van der Waals surface area contributed by atoms with E-state index in [1.807, 2.05) is 0 Å². The number of nitrogens with zero attached hydrogens (tertiary/aromatic N) is 3. The van der Waals surface area contributed by atoms with Crippen molar-refractivity contribution in [2.75, 3.05) is 5.32 Å². The van der Waals surface area contributed by atoms with Crippen LogP contribution in [0.15, 0.2) is 24.5 Å². The number of halogens is 3. The molecule has 0 bridgehead atoms. The van der Waals surface area contributed by atoms with Gasteiger partial charge in [0.2, 0.25) is 11.0 Å². The lowest BCUT2D eigenvalue weighted by Gasteiger charge is -2.06. The summed E-state index contributed by atoms with van der Waals surface area (Å²) in [5, 5.41) is 13.2. The van der Waals surface area contributed by atoms with Gasteiger partial charge in [0.05, 0.1) is 4.92 Å². The van der Waals surface area contributed by atoms with Crippen molar-refractivity contribution in [3.05, 3.63) is 57.0 Å². The van der Waals surface area contributed by atoms with Crippen molar-refractivity contribution in [2.45, 2.75) is 6.54 Å². The second kappa shape index (κ2) is 5.74. The summed E-state index contributed by atoms with van der Waals surface area (Å²) in [5.41, 5.74) is -0.0790. The van der Waals surface area contributed by atoms with E-state index in [-0.39, 0.29) is 17.5 Å². The van der Waals surface area contributed by atoms with E-state index in [1.165, 1.54) is 6.07 Å². The first-order valence-electron chi connectivity index (χ1n) is 5.31. The van der Waals surface area contributed by atoms with Crippen LogP contribution >= 0.6 is 11.6 Å². The smallest absolute Gasteiger partial charge is 0.348 e. The average molecular weight is 301 g/mol. The Morgan fingerprint density at radius 3 is 2.70 bits per heavy atom. The lowest BCUT2D eigenvalue weighted by atomic mass is 10.2. The zero-order chi connectivity index (χ0) is 14.7. The van der Waals surface area contributed by atoms with Gasteiger partial charge in [0, 0.05) is 6.54 Å². The molecule has 104 valence electrons. The molecule has 0 aliphatic rings. The highest BCUT2D eigenvalue weighted by atomic mass is 35.5. The van der Waals surface area contributed by atoms with Crippen LogP contribution in [0.4, 0.5) is 20.3 Å². The molecule has 1 heterocycles. The first-order chi connectivity index (χ1) is 9.49. The van der Waals surface area contributed by atoms with Crippen molar-refractivity contribution in [1.29, 1.82) is 0 Å². The number of rotatable bonds is 4. The maximum atomic E-state index is 13.0. The molecular weight excluding hydrogens is 294 g/mol. The van der Waals surface area contributed by atoms with Crippen LogP contribution in [0.5, 0.6) is 0 Å². The van der Waals surface area contributed by atoms with Crippen LogP contribution in [0, 0.1) is 21.7 Å². The molecule has 0 saturated heterocycles. The molecule has 0 unspecified atom stereocenters. The first-order valence-corrected chi connectivity index (χ1v) is 5.69. The van der Waals surface area contributed by atoms with E-state index in [9.17, 15) is 18.9 Å². The molecular formula is C11H7ClF2N4O2. The predicted octanol–water partition coefficient (Wildman–Crippen LogP) is 2.93. The minimum atomic E-state index is -1.00. The summed E-state index contributed by atoms with van der Waals surface area (Å²) in [6.45, 7) is 0.0192. The number of anilines is 1. The minimum absolute atomic E-state index is 0.0192. The first kappa shape index (κ1) is 14.1. The van der Waals surface area contributed by atoms with E-state index < -0.39 is 22.2 Å². The second-order valence-corrected chi connectivity index (χ2v) is 4.08. The molecule has 20 heavy (non-hydrogen) atoms. The maximum absolute atomic E-state index is 13.0. The number of nitrogens with one attached hydrogen (secondary N) is 1. The number of hydrogen-bond donors (Lipinski definition) is 1. The highest BCUT2D eigenvalue weighted by molar-refractivity contribution is 6.31. The lowest BCUT2D eigenvalue weighted by Crippen LogP contribution is -2.06. The van der Waals surface area contributed by atoms with Gasteiger partial charge in [-0.05, 0) is 17.7 Å². The highest BCUT2D eigenvalue weighted by Gasteiger charge is 2.21. The Morgan fingerprint density at radius 1 is 1.30 bits per heavy atom. The van der Waals surface area contributed by atoms with E-state index in [0.29, 0.717) is 5.56 Å². The monoisotopic (exact) mass is 300 g/mol. The molecule has 1 aromatic heterocycles. The summed E-state index contributed by atoms with van der Waals surface area (Å²) in [7, 11) is 0. The van der Waals surface area contributed by atoms with Crippen molar-refractivity contribution < 1.29 is 13.7 Å². The van der Waals surface area contributed by atoms with E-state index in [1.54, 1.807) is 0 Å². The maximum Gasteiger partial charge on any atom is 0.348 e. The topological polar surface area (TPSA) is 81.0 Å². The van der Waals surface area contributed by atoms with Crippen LogP contribution < -0.4 is 5.32 Å². The average Bonchev–Trinajstić information content (AvgIpc) is 2.39. The molecule has 0 radical (unpaired) electrons. The molecule has 0 atom stereocenters. The Kier molecular flexibility index (Phi) is 4.04. The molecule has 9 heteroatoms. The van der Waals surface area contributed by atoms with Crippen LogP contribution in [0.1, 0.15) is 5.56 Å². The van der Waals surface area contributed by atoms with Crippen molar-refractivity contribution in [2.24, 2.45) is 0 Å². The Balaban J connectivity index is 2.21. The molecule has 0 fully saturated rings. The van der Waals surface area contributed by atoms with Gasteiger partial charge in [-0.25, -0.2) is 18.7 Å². The second-order valence-electron chi connectivity index (χ2n) is 3.72. The van der Waals surface area contributed by atoms with Gasteiger partial charge in [-0.2, -0.15) is 0 Å². The summed E-state index contributed by atoms with van der Waals surface area (Å²) in [4.78, 5) is 17.3. The van der Waals surface area contributed by atoms with Crippen molar-refractivity contribution in [3.63, 3.8) is 0 Å². The van der Waals surface area contributed by atoms with Gasteiger partial charge in [-0.1, -0.05) is 17.7 Å². The molecule has 0 aliphatic heterocycles. The minimum Gasteiger partial charge on any atom is -0.360 e. The van der Waals surface area contributed by atoms with Crippen LogP contribution in [0.3, 0.4) is 0 Å². The Labute approximate surface area is 116 Å². The van der Waals surface area contributed by atoms with E-state index in [0.717, 1.165) is 18.5 Å². The Morgan fingerprint density at radius 2 is 2.05 bits per heavy atom. The normalized spacial score (nSPS) is 10.3. The van der Waals surface area contributed by atoms with Gasteiger partial charge in [-0.15, -0.1) is 0 Å². The standard InChI is InChI=1S/C11H7ClF2N4O2/c12-10-9(18(19)20)11(17-5-16-10)15-4-6-1-2-7(13)8(14)3-6/h1-3,5H,4H2,(H,15,16,17). The van der Waals surface area contributed by atoms with Crippen molar-refractivity contribution >= 4 is 23.1 Å². The van der Waals surface area contributed by atoms with Gasteiger partial charge >= 0.3 is 5.69 Å². The zero-order valence-corrected chi connectivity index (χ0v) is 10.6. The van der Waals surface area contributed by atoms with Gasteiger partial charge in [0.15, 0.2) is 11.6 Å². The van der Waals surface area contributed by atoms with Gasteiger partial charge in [-0.3, -0.25) is 10.1 Å². The SMILES string of the molecule is O=[N+]([O-])c1c(Cl)ncnc1NCc1ccc(F)c(F)c1. The summed E-state index contributed by atoms with van der Waals surface area (Å²) < 4.78 is 25.8. The molecule has 0 aliphatic carbocycles. The van der Waals surface area contributed by atoms with Crippen molar-refractivity contribution in [3.8, 4) is 0 Å². The molecule has 2 rings (SSSR count). The quantitative estimate of drug-likeness (QED) is 0.533. The third kappa shape index (κ3) is 2.97. The van der Waals surface area contributed by atoms with E-state index in [4.69, 9.17) is 11.6 Å². The zero-order valence-electron chi connectivity index (χ0n) is 9.81. The predicted molar refractivity (Wildman–Crippen MR) is 67.4 cm³/mol. The number of aromatic nitrogens is 2. The molecule has 0 spiro atoms. The lowest BCUT2D eigenvalue weighted by molar-refractivity contribution is -0.384. The van der Waals surface area contributed by atoms with Crippen LogP contribution in [0.25, 0.3) is 0 Å². The molecule has 2 aromatic rings. The van der Waals surface area contributed by atoms with Gasteiger partial charge in [0.25, 0.3) is 0 Å². The molecule has 0 amide bonds. The van der Waals surface area contributed by atoms with Gasteiger partial charge < -0.3 is 5.32 Å². The highest BCUT2D eigenvalue weighted by Crippen LogP contribution is 2.28. The van der Waals surface area contributed by atoms with Gasteiger partial charge in [0.1, 0.15) is 6.33 Å². The largest absolute Gasteiger partial charge is 0.360 e. The number of benzene rings is 1. The van der Waals surface area contributed by atoms with E-state index in [2.05, 4.69) is 15.3 Å². The number of nitro groups is 1. The summed E-state index contributed by atoms with van der Waals surface area (Å²) in [6, 6.07) is 3.30. The third-order valence-corrected chi connectivity index (χ3v) is 2.68. The van der Waals surface area contributed by atoms with Crippen LogP contribution in [-0.2, 0) is 6.54 Å². The fourth-order valence-corrected chi connectivity index (χ4v) is 1.69. The Hall–Kier alpha value is -2.35.